The SMILES string of the molecule is CC(=O)/C=C(\C)N[C@@H]1CCCC[C@H]1N=Cc1cc(C(C)(C)C)cc(C(C)(C)C)c1O. The highest BCUT2D eigenvalue weighted by Crippen LogP contribution is 2.37. The lowest BCUT2D eigenvalue weighted by Gasteiger charge is -2.31. The fraction of sp³-hybridized carbons (Fsp3) is 0.615. The van der Waals surface area contributed by atoms with Crippen LogP contribution in [-0.4, -0.2) is 29.2 Å². The number of hydrogen-bond acceptors (Lipinski definition) is 4. The average Bonchev–Trinajstić information content (AvgIpc) is 2.59. The van der Waals surface area contributed by atoms with E-state index in [9.17, 15) is 9.90 Å². The number of rotatable bonds is 5. The number of benzene rings is 1. The van der Waals surface area contributed by atoms with E-state index in [1.165, 1.54) is 5.56 Å². The summed E-state index contributed by atoms with van der Waals surface area (Å²) in [4.78, 5) is 16.3. The number of aromatic hydroxyl groups is 1. The molecule has 4 heteroatoms. The van der Waals surface area contributed by atoms with Gasteiger partial charge in [-0.2, -0.15) is 0 Å². The Kier molecular flexibility index (Phi) is 7.54. The van der Waals surface area contributed by atoms with Gasteiger partial charge < -0.3 is 10.4 Å². The summed E-state index contributed by atoms with van der Waals surface area (Å²) in [6.07, 6.45) is 7.85. The summed E-state index contributed by atoms with van der Waals surface area (Å²) in [5.74, 6) is 0.377. The van der Waals surface area contributed by atoms with Crippen LogP contribution in [0.25, 0.3) is 0 Å². The maximum atomic E-state index is 11.4. The first-order valence-corrected chi connectivity index (χ1v) is 11.2. The van der Waals surface area contributed by atoms with Crippen molar-refractivity contribution in [1.82, 2.24) is 5.32 Å². The molecule has 1 aliphatic carbocycles. The number of phenolic OH excluding ortho intramolecular Hbond substituents is 1. The number of allylic oxidation sites excluding steroid dienone is 2. The third-order valence-corrected chi connectivity index (χ3v) is 5.78. The van der Waals surface area contributed by atoms with Crippen LogP contribution in [0, 0.1) is 0 Å². The van der Waals surface area contributed by atoms with Gasteiger partial charge in [-0.1, -0.05) is 60.5 Å². The van der Waals surface area contributed by atoms with E-state index in [0.717, 1.165) is 42.5 Å². The molecule has 4 nitrogen and oxygen atoms in total. The second-order valence-corrected chi connectivity index (χ2v) is 10.8. The fourth-order valence-corrected chi connectivity index (χ4v) is 4.03. The third-order valence-electron chi connectivity index (χ3n) is 5.78. The highest BCUT2D eigenvalue weighted by atomic mass is 16.3. The van der Waals surface area contributed by atoms with E-state index in [4.69, 9.17) is 4.99 Å². The number of nitrogens with one attached hydrogen (secondary N) is 1. The molecule has 1 fully saturated rings. The van der Waals surface area contributed by atoms with Gasteiger partial charge in [-0.15, -0.1) is 0 Å². The molecule has 30 heavy (non-hydrogen) atoms. The van der Waals surface area contributed by atoms with Crippen LogP contribution in [0.15, 0.2) is 28.9 Å². The molecule has 2 atom stereocenters. The smallest absolute Gasteiger partial charge is 0.154 e. The van der Waals surface area contributed by atoms with Gasteiger partial charge in [0.1, 0.15) is 5.75 Å². The molecule has 0 saturated heterocycles. The van der Waals surface area contributed by atoms with Crippen LogP contribution in [0.4, 0.5) is 0 Å². The molecule has 2 N–H and O–H groups in total. The Labute approximate surface area is 182 Å². The number of carbonyl (C=O) groups excluding carboxylic acids is 1. The van der Waals surface area contributed by atoms with Crippen LogP contribution < -0.4 is 5.32 Å². The molecule has 0 spiro atoms. The summed E-state index contributed by atoms with van der Waals surface area (Å²) >= 11 is 0. The molecule has 1 aromatic rings. The standard InChI is InChI=1S/C26H40N2O2/c1-17(13-18(2)29)28-23-12-10-9-11-22(23)27-16-19-14-20(25(3,4)5)15-21(24(19)30)26(6,7)8/h13-16,22-23,28,30H,9-12H2,1-8H3/b17-13+,27-16?/t22-,23-/m1/s1. The Bertz CT molecular complexity index is 823. The maximum Gasteiger partial charge on any atom is 0.154 e. The molecular formula is C26H40N2O2. The molecule has 1 aromatic carbocycles. The fourth-order valence-electron chi connectivity index (χ4n) is 4.03. The lowest BCUT2D eigenvalue weighted by Crippen LogP contribution is -2.40. The van der Waals surface area contributed by atoms with Gasteiger partial charge in [0.05, 0.1) is 6.04 Å². The Hall–Kier alpha value is -2.10. The van der Waals surface area contributed by atoms with Crippen LogP contribution in [0.3, 0.4) is 0 Å². The van der Waals surface area contributed by atoms with Crippen molar-refractivity contribution in [2.75, 3.05) is 0 Å². The molecular weight excluding hydrogens is 372 g/mol. The molecule has 1 aliphatic rings. The first-order chi connectivity index (χ1) is 13.8. The number of nitrogens with zero attached hydrogens (tertiary/aromatic N) is 1. The minimum atomic E-state index is -0.155. The molecule has 0 aromatic heterocycles. The van der Waals surface area contributed by atoms with E-state index in [-0.39, 0.29) is 28.7 Å². The Morgan fingerprint density at radius 2 is 1.70 bits per heavy atom. The quantitative estimate of drug-likeness (QED) is 0.474. The van der Waals surface area contributed by atoms with Crippen LogP contribution in [0.1, 0.15) is 97.8 Å². The number of aliphatic imine (C=N–C) groups is 1. The Morgan fingerprint density at radius 1 is 1.07 bits per heavy atom. The minimum Gasteiger partial charge on any atom is -0.507 e. The highest BCUT2D eigenvalue weighted by Gasteiger charge is 2.26. The van der Waals surface area contributed by atoms with Crippen molar-refractivity contribution in [3.05, 3.63) is 40.6 Å². The van der Waals surface area contributed by atoms with Crippen LogP contribution in [-0.2, 0) is 15.6 Å². The van der Waals surface area contributed by atoms with Crippen molar-refractivity contribution in [3.8, 4) is 5.75 Å². The van der Waals surface area contributed by atoms with E-state index in [2.05, 4.69) is 59.0 Å². The van der Waals surface area contributed by atoms with Gasteiger partial charge >= 0.3 is 0 Å². The second kappa shape index (κ2) is 9.36. The number of carbonyl (C=O) groups is 1. The minimum absolute atomic E-state index is 0.0141. The van der Waals surface area contributed by atoms with E-state index < -0.39 is 0 Å². The second-order valence-electron chi connectivity index (χ2n) is 10.8. The molecule has 0 aliphatic heterocycles. The average molecular weight is 413 g/mol. The van der Waals surface area contributed by atoms with Crippen LogP contribution in [0.2, 0.25) is 0 Å². The predicted molar refractivity (Wildman–Crippen MR) is 127 cm³/mol. The zero-order valence-corrected chi connectivity index (χ0v) is 20.1. The Balaban J connectivity index is 2.37. The number of hydrogen-bond donors (Lipinski definition) is 2. The summed E-state index contributed by atoms with van der Waals surface area (Å²) in [6, 6.07) is 4.54. The van der Waals surface area contributed by atoms with Crippen LogP contribution >= 0.6 is 0 Å². The maximum absolute atomic E-state index is 11.4. The zero-order chi connectivity index (χ0) is 22.7. The van der Waals surface area contributed by atoms with Gasteiger partial charge in [0.15, 0.2) is 5.78 Å². The van der Waals surface area contributed by atoms with Crippen molar-refractivity contribution < 1.29 is 9.90 Å². The van der Waals surface area contributed by atoms with Gasteiger partial charge in [0, 0.05) is 29.1 Å². The van der Waals surface area contributed by atoms with E-state index >= 15 is 0 Å². The van der Waals surface area contributed by atoms with Crippen molar-refractivity contribution >= 4 is 12.0 Å². The summed E-state index contributed by atoms with van der Waals surface area (Å²) in [5, 5.41) is 14.5. The first-order valence-electron chi connectivity index (χ1n) is 11.2. The predicted octanol–water partition coefficient (Wildman–Crippen LogP) is 5.80. The van der Waals surface area contributed by atoms with Gasteiger partial charge in [-0.05, 0) is 55.2 Å². The molecule has 0 amide bonds. The molecule has 2 rings (SSSR count). The molecule has 0 radical (unpaired) electrons. The molecule has 0 bridgehead atoms. The molecule has 166 valence electrons. The topological polar surface area (TPSA) is 61.7 Å². The Morgan fingerprint density at radius 3 is 2.27 bits per heavy atom. The largest absolute Gasteiger partial charge is 0.507 e. The highest BCUT2D eigenvalue weighted by molar-refractivity contribution is 5.87. The van der Waals surface area contributed by atoms with E-state index in [0.29, 0.717) is 5.75 Å². The van der Waals surface area contributed by atoms with Gasteiger partial charge in [0.2, 0.25) is 0 Å². The number of phenols is 1. The molecule has 0 heterocycles. The van der Waals surface area contributed by atoms with Gasteiger partial charge in [-0.3, -0.25) is 9.79 Å². The lowest BCUT2D eigenvalue weighted by atomic mass is 9.79. The van der Waals surface area contributed by atoms with E-state index in [1.54, 1.807) is 13.0 Å². The number of ketones is 1. The molecule has 0 unspecified atom stereocenters. The monoisotopic (exact) mass is 412 g/mol. The lowest BCUT2D eigenvalue weighted by molar-refractivity contribution is -0.112. The van der Waals surface area contributed by atoms with Crippen molar-refractivity contribution in [1.29, 1.82) is 0 Å². The zero-order valence-electron chi connectivity index (χ0n) is 20.1. The summed E-state index contributed by atoms with van der Waals surface area (Å²) in [5.41, 5.74) is 3.66. The van der Waals surface area contributed by atoms with Gasteiger partial charge in [0.25, 0.3) is 0 Å². The van der Waals surface area contributed by atoms with Crippen molar-refractivity contribution in [3.63, 3.8) is 0 Å². The summed E-state index contributed by atoms with van der Waals surface area (Å²) in [6.45, 7) is 16.5. The van der Waals surface area contributed by atoms with Crippen LogP contribution in [0.5, 0.6) is 5.75 Å². The third kappa shape index (κ3) is 6.45. The normalized spacial score (nSPS) is 21.1. The first kappa shape index (κ1) is 24.2. The van der Waals surface area contributed by atoms with Gasteiger partial charge in [-0.25, -0.2) is 0 Å². The summed E-state index contributed by atoms with van der Waals surface area (Å²) in [7, 11) is 0. The molecule has 1 saturated carbocycles. The summed E-state index contributed by atoms with van der Waals surface area (Å²) < 4.78 is 0. The van der Waals surface area contributed by atoms with E-state index in [1.807, 2.05) is 13.1 Å². The van der Waals surface area contributed by atoms with Crippen molar-refractivity contribution in [2.24, 2.45) is 4.99 Å². The van der Waals surface area contributed by atoms with Crippen molar-refractivity contribution in [2.45, 2.75) is 104 Å².